The first-order valence-corrected chi connectivity index (χ1v) is 7.38. The SMILES string of the molecule is CC[N+](CC)(CC)CC.O=[N+]([O-])c1ccc2[n-]cnc2c1. The molecule has 0 atom stereocenters. The van der Waals surface area contributed by atoms with E-state index >= 15 is 0 Å². The van der Waals surface area contributed by atoms with Gasteiger partial charge in [0.1, 0.15) is 0 Å². The van der Waals surface area contributed by atoms with Gasteiger partial charge in [0, 0.05) is 12.1 Å². The minimum Gasteiger partial charge on any atom is -0.443 e. The minimum atomic E-state index is -0.450. The molecule has 0 aliphatic heterocycles. The quantitative estimate of drug-likeness (QED) is 0.482. The Morgan fingerprint density at radius 1 is 1.14 bits per heavy atom. The summed E-state index contributed by atoms with van der Waals surface area (Å²) >= 11 is 0. The molecule has 0 radical (unpaired) electrons. The summed E-state index contributed by atoms with van der Waals surface area (Å²) < 4.78 is 1.28. The van der Waals surface area contributed by atoms with Crippen LogP contribution in [0, 0.1) is 10.1 Å². The summed E-state index contributed by atoms with van der Waals surface area (Å²) in [6.45, 7) is 14.2. The van der Waals surface area contributed by atoms with Gasteiger partial charge in [0.25, 0.3) is 5.69 Å². The molecule has 21 heavy (non-hydrogen) atoms. The van der Waals surface area contributed by atoms with Gasteiger partial charge in [0.05, 0.1) is 31.1 Å². The van der Waals surface area contributed by atoms with Gasteiger partial charge in [-0.3, -0.25) is 10.1 Å². The monoisotopic (exact) mass is 292 g/mol. The second-order valence-corrected chi connectivity index (χ2v) is 4.91. The van der Waals surface area contributed by atoms with Gasteiger partial charge in [0.2, 0.25) is 0 Å². The highest BCUT2D eigenvalue weighted by Gasteiger charge is 2.16. The molecule has 1 aromatic heterocycles. The molecule has 2 rings (SSSR count). The van der Waals surface area contributed by atoms with Crippen molar-refractivity contribution < 1.29 is 9.41 Å². The molecule has 0 fully saturated rings. The molecule has 1 heterocycles. The summed E-state index contributed by atoms with van der Waals surface area (Å²) in [5, 5.41) is 10.3. The van der Waals surface area contributed by atoms with Gasteiger partial charge >= 0.3 is 0 Å². The number of nitro benzene ring substituents is 1. The van der Waals surface area contributed by atoms with Crippen molar-refractivity contribution in [2.24, 2.45) is 0 Å². The number of imidazole rings is 1. The molecule has 0 amide bonds. The minimum absolute atomic E-state index is 0.0444. The summed E-state index contributed by atoms with van der Waals surface area (Å²) in [7, 11) is 0. The van der Waals surface area contributed by atoms with Crippen molar-refractivity contribution in [2.45, 2.75) is 27.7 Å². The van der Waals surface area contributed by atoms with E-state index in [-0.39, 0.29) is 5.69 Å². The number of hydrogen-bond donors (Lipinski definition) is 0. The third kappa shape index (κ3) is 4.26. The van der Waals surface area contributed by atoms with Crippen molar-refractivity contribution in [3.8, 4) is 0 Å². The molecule has 0 spiro atoms. The molecule has 0 aliphatic rings. The standard InChI is InChI=1S/C8H20N.C7H4N3O2/c1-5-9(6-2,7-3)8-4;11-10(12)5-1-2-6-7(3-5)9-4-8-6/h5-8H2,1-4H3;1-4H/q+1;-1. The number of quaternary nitrogens is 1. The Morgan fingerprint density at radius 3 is 2.14 bits per heavy atom. The lowest BCUT2D eigenvalue weighted by Crippen LogP contribution is -2.47. The average molecular weight is 292 g/mol. The molecular weight excluding hydrogens is 268 g/mol. The van der Waals surface area contributed by atoms with Gasteiger partial charge in [0.15, 0.2) is 0 Å². The highest BCUT2D eigenvalue weighted by atomic mass is 16.6. The predicted octanol–water partition coefficient (Wildman–Crippen LogP) is 2.98. The third-order valence-corrected chi connectivity index (χ3v) is 4.25. The number of non-ortho nitro benzene ring substituents is 1. The molecule has 6 heteroatoms. The zero-order valence-electron chi connectivity index (χ0n) is 13.2. The molecule has 1 aromatic carbocycles. The second-order valence-electron chi connectivity index (χ2n) is 4.91. The van der Waals surface area contributed by atoms with E-state index in [4.69, 9.17) is 0 Å². The number of hydrogen-bond acceptors (Lipinski definition) is 3. The maximum absolute atomic E-state index is 10.3. The van der Waals surface area contributed by atoms with Gasteiger partial charge in [-0.2, -0.15) is 0 Å². The molecule has 0 saturated carbocycles. The van der Waals surface area contributed by atoms with Crippen molar-refractivity contribution >= 4 is 16.7 Å². The van der Waals surface area contributed by atoms with Crippen molar-refractivity contribution in [1.82, 2.24) is 9.97 Å². The number of rotatable bonds is 5. The topological polar surface area (TPSA) is 70.1 Å². The summed E-state index contributed by atoms with van der Waals surface area (Å²) in [6.07, 6.45) is 1.38. The molecule has 0 saturated heterocycles. The summed E-state index contributed by atoms with van der Waals surface area (Å²) in [5.41, 5.74) is 1.29. The summed E-state index contributed by atoms with van der Waals surface area (Å²) in [5.74, 6) is 0. The van der Waals surface area contributed by atoms with Crippen LogP contribution in [0.4, 0.5) is 5.69 Å². The Bertz CT molecular complexity index is 558. The maximum Gasteiger partial charge on any atom is 0.269 e. The molecular formula is C15H24N4O2. The van der Waals surface area contributed by atoms with Crippen LogP contribution in [0.15, 0.2) is 24.5 Å². The highest BCUT2D eigenvalue weighted by Crippen LogP contribution is 2.16. The van der Waals surface area contributed by atoms with Gasteiger partial charge < -0.3 is 14.5 Å². The fraction of sp³-hybridized carbons (Fsp3) is 0.533. The fourth-order valence-corrected chi connectivity index (χ4v) is 2.33. The number of aromatic nitrogens is 2. The first-order valence-electron chi connectivity index (χ1n) is 7.38. The van der Waals surface area contributed by atoms with E-state index in [0.29, 0.717) is 11.0 Å². The van der Waals surface area contributed by atoms with Crippen LogP contribution >= 0.6 is 0 Å². The molecule has 0 bridgehead atoms. The van der Waals surface area contributed by atoms with Crippen LogP contribution in [-0.2, 0) is 0 Å². The van der Waals surface area contributed by atoms with E-state index in [1.807, 2.05) is 0 Å². The lowest BCUT2D eigenvalue weighted by atomic mass is 10.3. The first-order chi connectivity index (χ1) is 10.0. The highest BCUT2D eigenvalue weighted by molar-refractivity contribution is 5.76. The molecule has 0 unspecified atom stereocenters. The predicted molar refractivity (Wildman–Crippen MR) is 84.1 cm³/mol. The molecule has 0 N–H and O–H groups in total. The van der Waals surface area contributed by atoms with Crippen LogP contribution in [0.3, 0.4) is 0 Å². The molecule has 2 aromatic rings. The van der Waals surface area contributed by atoms with Crippen LogP contribution in [0.1, 0.15) is 27.7 Å². The van der Waals surface area contributed by atoms with Crippen molar-refractivity contribution in [3.63, 3.8) is 0 Å². The van der Waals surface area contributed by atoms with E-state index in [1.165, 1.54) is 49.1 Å². The summed E-state index contributed by atoms with van der Waals surface area (Å²) in [4.78, 5) is 17.6. The Labute approximate surface area is 125 Å². The fourth-order valence-electron chi connectivity index (χ4n) is 2.33. The molecule has 6 nitrogen and oxygen atoms in total. The smallest absolute Gasteiger partial charge is 0.269 e. The van der Waals surface area contributed by atoms with E-state index in [0.717, 1.165) is 0 Å². The average Bonchev–Trinajstić information content (AvgIpc) is 2.98. The van der Waals surface area contributed by atoms with Crippen LogP contribution < -0.4 is 4.98 Å². The largest absolute Gasteiger partial charge is 0.443 e. The summed E-state index contributed by atoms with van der Waals surface area (Å²) in [6, 6.07) is 4.40. The van der Waals surface area contributed by atoms with Crippen molar-refractivity contribution in [2.75, 3.05) is 26.2 Å². The third-order valence-electron chi connectivity index (χ3n) is 4.25. The maximum atomic E-state index is 10.3. The zero-order chi connectivity index (χ0) is 15.9. The Kier molecular flexibility index (Phi) is 6.30. The number of nitro groups is 1. The Hall–Kier alpha value is -1.95. The van der Waals surface area contributed by atoms with Crippen molar-refractivity contribution in [1.29, 1.82) is 0 Å². The van der Waals surface area contributed by atoms with Crippen LogP contribution in [0.25, 0.3) is 11.0 Å². The Morgan fingerprint density at radius 2 is 1.71 bits per heavy atom. The van der Waals surface area contributed by atoms with Crippen LogP contribution in [0.5, 0.6) is 0 Å². The van der Waals surface area contributed by atoms with E-state index < -0.39 is 4.92 Å². The van der Waals surface area contributed by atoms with Gasteiger partial charge in [-0.05, 0) is 38.7 Å². The molecule has 116 valence electrons. The number of benzene rings is 1. The first kappa shape index (κ1) is 17.1. The van der Waals surface area contributed by atoms with E-state index in [9.17, 15) is 10.1 Å². The van der Waals surface area contributed by atoms with Gasteiger partial charge in [-0.25, -0.2) is 0 Å². The lowest BCUT2D eigenvalue weighted by molar-refractivity contribution is -0.921. The van der Waals surface area contributed by atoms with Gasteiger partial charge in [-0.1, -0.05) is 12.4 Å². The van der Waals surface area contributed by atoms with Crippen LogP contribution in [0.2, 0.25) is 0 Å². The normalized spacial score (nSPS) is 11.0. The van der Waals surface area contributed by atoms with Gasteiger partial charge in [-0.15, -0.1) is 0 Å². The zero-order valence-corrected chi connectivity index (χ0v) is 13.2. The second kappa shape index (κ2) is 7.73. The Balaban J connectivity index is 0.000000222. The lowest BCUT2D eigenvalue weighted by Gasteiger charge is -2.34. The molecule has 0 aliphatic carbocycles. The van der Waals surface area contributed by atoms with E-state index in [2.05, 4.69) is 37.7 Å². The van der Waals surface area contributed by atoms with Crippen molar-refractivity contribution in [3.05, 3.63) is 34.6 Å². The van der Waals surface area contributed by atoms with Crippen LogP contribution in [-0.4, -0.2) is 40.6 Å². The number of nitrogens with zero attached hydrogens (tertiary/aromatic N) is 4. The van der Waals surface area contributed by atoms with E-state index in [1.54, 1.807) is 6.07 Å². The number of fused-ring (bicyclic) bond motifs is 1.